The van der Waals surface area contributed by atoms with Crippen LogP contribution in [0, 0.1) is 5.92 Å². The summed E-state index contributed by atoms with van der Waals surface area (Å²) in [5, 5.41) is 0. The Hall–Kier alpha value is -0.220. The van der Waals surface area contributed by atoms with Gasteiger partial charge in [0, 0.05) is 17.4 Å². The minimum Gasteiger partial charge on any atom is -0.454 e. The van der Waals surface area contributed by atoms with Crippen molar-refractivity contribution >= 4 is 33.5 Å². The zero-order valence-corrected chi connectivity index (χ0v) is 9.36. The highest BCUT2D eigenvalue weighted by atomic mass is 79.9. The number of hydrogen-bond acceptors (Lipinski definition) is 3. The molecular weight excluding hydrogens is 252 g/mol. The van der Waals surface area contributed by atoms with Crippen LogP contribution >= 0.6 is 27.7 Å². The molecule has 1 saturated heterocycles. The molecule has 4 heteroatoms. The zero-order chi connectivity index (χ0) is 9.26. The number of ketones is 1. The summed E-state index contributed by atoms with van der Waals surface area (Å²) in [6.45, 7) is 0. The van der Waals surface area contributed by atoms with Gasteiger partial charge in [0.1, 0.15) is 11.5 Å². The first-order valence-electron chi connectivity index (χ1n) is 4.10. The lowest BCUT2D eigenvalue weighted by atomic mass is 10.0. The maximum absolute atomic E-state index is 11.5. The highest BCUT2D eigenvalue weighted by molar-refractivity contribution is 9.10. The lowest BCUT2D eigenvalue weighted by Crippen LogP contribution is -2.28. The van der Waals surface area contributed by atoms with Gasteiger partial charge in [-0.2, -0.15) is 11.8 Å². The molecule has 0 unspecified atom stereocenters. The second-order valence-corrected chi connectivity index (χ2v) is 4.94. The van der Waals surface area contributed by atoms with Gasteiger partial charge in [0.2, 0.25) is 0 Å². The van der Waals surface area contributed by atoms with Crippen LogP contribution in [0.15, 0.2) is 21.2 Å². The average molecular weight is 261 g/mol. The highest BCUT2D eigenvalue weighted by Gasteiger charge is 2.26. The molecule has 2 nitrogen and oxygen atoms in total. The second-order valence-electron chi connectivity index (χ2n) is 3.08. The summed E-state index contributed by atoms with van der Waals surface area (Å²) in [6, 6.07) is 3.66. The van der Waals surface area contributed by atoms with Gasteiger partial charge in [-0.15, -0.1) is 0 Å². The summed E-state index contributed by atoms with van der Waals surface area (Å²) in [7, 11) is 0. The van der Waals surface area contributed by atoms with E-state index in [1.807, 2.05) is 23.9 Å². The molecule has 13 heavy (non-hydrogen) atoms. The number of carbonyl (C=O) groups excluding carboxylic acids is 1. The first kappa shape index (κ1) is 9.34. The Morgan fingerprint density at radius 2 is 2.38 bits per heavy atom. The van der Waals surface area contributed by atoms with Crippen LogP contribution in [0.3, 0.4) is 0 Å². The van der Waals surface area contributed by atoms with E-state index in [1.54, 1.807) is 0 Å². The second kappa shape index (κ2) is 3.88. The quantitative estimate of drug-likeness (QED) is 0.837. The fraction of sp³-hybridized carbons (Fsp3) is 0.444. The molecule has 1 aromatic heterocycles. The van der Waals surface area contributed by atoms with E-state index in [4.69, 9.17) is 4.42 Å². The van der Waals surface area contributed by atoms with Crippen molar-refractivity contribution in [3.05, 3.63) is 22.6 Å². The van der Waals surface area contributed by atoms with E-state index >= 15 is 0 Å². The summed E-state index contributed by atoms with van der Waals surface area (Å²) in [4.78, 5) is 11.5. The van der Waals surface area contributed by atoms with Gasteiger partial charge in [-0.05, 0) is 28.1 Å². The Bertz CT molecular complexity index is 317. The van der Waals surface area contributed by atoms with Crippen molar-refractivity contribution in [3.63, 3.8) is 0 Å². The molecule has 1 aromatic rings. The molecule has 1 aliphatic rings. The number of thioether (sulfide) groups is 1. The van der Waals surface area contributed by atoms with Crippen molar-refractivity contribution in [1.29, 1.82) is 0 Å². The third-order valence-electron chi connectivity index (χ3n) is 2.07. The van der Waals surface area contributed by atoms with Crippen LogP contribution in [0.5, 0.6) is 0 Å². The molecule has 0 N–H and O–H groups in total. The van der Waals surface area contributed by atoms with Crippen LogP contribution in [-0.2, 0) is 11.2 Å². The third kappa shape index (κ3) is 2.17. The van der Waals surface area contributed by atoms with Crippen molar-refractivity contribution < 1.29 is 9.21 Å². The lowest BCUT2D eigenvalue weighted by Gasteiger charge is -2.22. The van der Waals surface area contributed by atoms with Gasteiger partial charge < -0.3 is 4.42 Å². The fourth-order valence-electron chi connectivity index (χ4n) is 1.18. The Labute approximate surface area is 89.2 Å². The van der Waals surface area contributed by atoms with E-state index in [0.717, 1.165) is 17.3 Å². The van der Waals surface area contributed by atoms with E-state index < -0.39 is 0 Å². The maximum atomic E-state index is 11.5. The van der Waals surface area contributed by atoms with Gasteiger partial charge in [-0.3, -0.25) is 4.79 Å². The van der Waals surface area contributed by atoms with Crippen LogP contribution < -0.4 is 0 Å². The molecule has 70 valence electrons. The monoisotopic (exact) mass is 260 g/mol. The van der Waals surface area contributed by atoms with E-state index in [2.05, 4.69) is 15.9 Å². The topological polar surface area (TPSA) is 30.2 Å². The minimum atomic E-state index is 0.272. The minimum absolute atomic E-state index is 0.272. The molecule has 0 aromatic carbocycles. The van der Waals surface area contributed by atoms with Gasteiger partial charge in [0.05, 0.1) is 6.42 Å². The predicted octanol–water partition coefficient (Wildman–Crippen LogP) is 2.52. The van der Waals surface area contributed by atoms with Crippen molar-refractivity contribution in [1.82, 2.24) is 0 Å². The summed E-state index contributed by atoms with van der Waals surface area (Å²) in [5.41, 5.74) is 0. The van der Waals surface area contributed by atoms with Crippen LogP contribution in [-0.4, -0.2) is 17.3 Å². The number of furan rings is 1. The van der Waals surface area contributed by atoms with Crippen molar-refractivity contribution in [2.45, 2.75) is 6.42 Å². The Morgan fingerprint density at radius 1 is 1.62 bits per heavy atom. The Morgan fingerprint density at radius 3 is 2.85 bits per heavy atom. The summed E-state index contributed by atoms with van der Waals surface area (Å²) in [6.07, 6.45) is 0.441. The van der Waals surface area contributed by atoms with Gasteiger partial charge in [0.15, 0.2) is 4.67 Å². The van der Waals surface area contributed by atoms with Crippen LogP contribution in [0.1, 0.15) is 5.76 Å². The number of halogens is 1. The fourth-order valence-corrected chi connectivity index (χ4v) is 2.37. The molecule has 0 spiro atoms. The number of Topliss-reactive ketones (excluding diaryl/α,β-unsaturated/α-hetero) is 1. The highest BCUT2D eigenvalue weighted by Crippen LogP contribution is 2.26. The summed E-state index contributed by atoms with van der Waals surface area (Å²) < 4.78 is 5.95. The predicted molar refractivity (Wildman–Crippen MR) is 55.9 cm³/mol. The smallest absolute Gasteiger partial charge is 0.169 e. The Balaban J connectivity index is 1.93. The number of carbonyl (C=O) groups is 1. The molecule has 2 rings (SSSR count). The van der Waals surface area contributed by atoms with Gasteiger partial charge >= 0.3 is 0 Å². The molecule has 2 heterocycles. The molecule has 1 fully saturated rings. The van der Waals surface area contributed by atoms with Crippen molar-refractivity contribution in [2.75, 3.05) is 11.5 Å². The molecule has 1 aliphatic heterocycles. The average Bonchev–Trinajstić information content (AvgIpc) is 2.31. The van der Waals surface area contributed by atoms with E-state index in [9.17, 15) is 4.79 Å². The van der Waals surface area contributed by atoms with Crippen LogP contribution in [0.25, 0.3) is 0 Å². The summed E-state index contributed by atoms with van der Waals surface area (Å²) >= 11 is 5.04. The molecule has 0 atom stereocenters. The first-order valence-corrected chi connectivity index (χ1v) is 6.05. The molecule has 0 saturated carbocycles. The lowest BCUT2D eigenvalue weighted by molar-refractivity contribution is -0.121. The normalized spacial score (nSPS) is 17.0. The largest absolute Gasteiger partial charge is 0.454 e. The molecule has 0 amide bonds. The third-order valence-corrected chi connectivity index (χ3v) is 3.77. The van der Waals surface area contributed by atoms with Gasteiger partial charge in [-0.1, -0.05) is 0 Å². The Kier molecular flexibility index (Phi) is 2.79. The molecular formula is C9H9BrO2S. The SMILES string of the molecule is O=C(Cc1ccc(Br)o1)C1CSC1. The maximum Gasteiger partial charge on any atom is 0.169 e. The van der Waals surface area contributed by atoms with Crippen molar-refractivity contribution in [2.24, 2.45) is 5.92 Å². The first-order chi connectivity index (χ1) is 6.25. The molecule has 0 radical (unpaired) electrons. The molecule has 0 aliphatic carbocycles. The van der Waals surface area contributed by atoms with E-state index in [1.165, 1.54) is 0 Å². The van der Waals surface area contributed by atoms with E-state index in [-0.39, 0.29) is 5.92 Å². The number of rotatable bonds is 3. The van der Waals surface area contributed by atoms with Crippen LogP contribution in [0.4, 0.5) is 0 Å². The number of hydrogen-bond donors (Lipinski definition) is 0. The summed E-state index contributed by atoms with van der Waals surface area (Å²) in [5.74, 6) is 3.31. The zero-order valence-electron chi connectivity index (χ0n) is 6.96. The van der Waals surface area contributed by atoms with E-state index in [0.29, 0.717) is 16.9 Å². The standard InChI is InChI=1S/C9H9BrO2S/c10-9-2-1-7(12-9)3-8(11)6-4-13-5-6/h1-2,6H,3-5H2. The van der Waals surface area contributed by atoms with Gasteiger partial charge in [0.25, 0.3) is 0 Å². The van der Waals surface area contributed by atoms with Crippen LogP contribution in [0.2, 0.25) is 0 Å². The van der Waals surface area contributed by atoms with Crippen molar-refractivity contribution in [3.8, 4) is 0 Å². The molecule has 0 bridgehead atoms. The van der Waals surface area contributed by atoms with Gasteiger partial charge in [-0.25, -0.2) is 0 Å².